The number of para-hydroxylation sites is 2. The molecule has 2 aromatic carbocycles. The number of halogens is 4. The molecule has 0 saturated heterocycles. The summed E-state index contributed by atoms with van der Waals surface area (Å²) in [6.07, 6.45) is 7.29. The van der Waals surface area contributed by atoms with Gasteiger partial charge in [0, 0.05) is 12.4 Å². The summed E-state index contributed by atoms with van der Waals surface area (Å²) >= 11 is 1.14. The van der Waals surface area contributed by atoms with Gasteiger partial charge in [0.05, 0.1) is 35.2 Å². The van der Waals surface area contributed by atoms with Crippen molar-refractivity contribution in [1.82, 2.24) is 9.97 Å². The van der Waals surface area contributed by atoms with E-state index in [4.69, 9.17) is 50.8 Å². The third-order valence-corrected chi connectivity index (χ3v) is 6.71. The zero-order valence-electron chi connectivity index (χ0n) is 27.5. The van der Waals surface area contributed by atoms with Crippen molar-refractivity contribution in [3.63, 3.8) is 0 Å². The molecular weight excluding hydrogens is 748 g/mol. The average Bonchev–Trinajstić information content (AvgIpc) is 3.04. The Morgan fingerprint density at radius 1 is 0.478 bits per heavy atom. The van der Waals surface area contributed by atoms with Crippen LogP contribution < -0.4 is 0 Å². The van der Waals surface area contributed by atoms with Crippen molar-refractivity contribution in [1.29, 1.82) is 0 Å². The van der Waals surface area contributed by atoms with Crippen LogP contribution >= 0.6 is 40.8 Å². The number of rotatable bonds is 8. The van der Waals surface area contributed by atoms with Gasteiger partial charge < -0.3 is 0 Å². The molecule has 0 atom stereocenters. The van der Waals surface area contributed by atoms with Crippen molar-refractivity contribution in [2.75, 3.05) is 0 Å². The number of nitrogens with zero attached hydrogens (tertiary/aromatic N) is 4. The Labute approximate surface area is 305 Å². The van der Waals surface area contributed by atoms with Crippen LogP contribution in [0.15, 0.2) is 95.2 Å². The van der Waals surface area contributed by atoms with Gasteiger partial charge in [0.1, 0.15) is 0 Å². The summed E-state index contributed by atoms with van der Waals surface area (Å²) in [5.74, 6) is 1.85. The van der Waals surface area contributed by atoms with Gasteiger partial charge in [-0.25, -0.2) is 0 Å². The van der Waals surface area contributed by atoms with Gasteiger partial charge in [0.2, 0.25) is 0 Å². The van der Waals surface area contributed by atoms with Crippen molar-refractivity contribution in [3.05, 3.63) is 119 Å². The molecular formula is C36H44Cl4N4Ni2. The van der Waals surface area contributed by atoms with Crippen LogP contribution in [0.25, 0.3) is 0 Å². The molecule has 0 N–H and O–H groups in total. The van der Waals surface area contributed by atoms with Crippen LogP contribution in [-0.4, -0.2) is 22.4 Å². The molecule has 0 unspecified atom stereocenters. The second-order valence-electron chi connectivity index (χ2n) is 11.3. The molecule has 4 rings (SSSR count). The Hall–Kier alpha value is -1.77. The quantitative estimate of drug-likeness (QED) is 0.132. The van der Waals surface area contributed by atoms with Crippen LogP contribution in [0.4, 0.5) is 11.4 Å². The first kappa shape index (κ1) is 42.2. The fraction of sp³-hybridized carbons (Fsp3) is 0.333. The molecule has 0 bridgehead atoms. The minimum absolute atomic E-state index is 0.463. The van der Waals surface area contributed by atoms with E-state index in [0.717, 1.165) is 22.8 Å². The van der Waals surface area contributed by atoms with E-state index in [1.54, 1.807) is 12.4 Å². The normalized spacial score (nSPS) is 11.1. The van der Waals surface area contributed by atoms with Gasteiger partial charge >= 0.3 is 66.1 Å². The van der Waals surface area contributed by atoms with E-state index in [1.807, 2.05) is 48.8 Å². The van der Waals surface area contributed by atoms with E-state index in [2.05, 4.69) is 102 Å². The molecule has 0 amide bonds. The molecule has 0 spiro atoms. The summed E-state index contributed by atoms with van der Waals surface area (Å²) in [6, 6.07) is 24.7. The van der Waals surface area contributed by atoms with Crippen LogP contribution in [0.2, 0.25) is 0 Å². The van der Waals surface area contributed by atoms with E-state index in [1.165, 1.54) is 22.3 Å². The van der Waals surface area contributed by atoms with Gasteiger partial charge in [-0.1, -0.05) is 104 Å². The van der Waals surface area contributed by atoms with E-state index in [0.29, 0.717) is 49.0 Å². The van der Waals surface area contributed by atoms with Crippen molar-refractivity contribution >= 4 is 64.6 Å². The monoisotopic (exact) mass is 788 g/mol. The van der Waals surface area contributed by atoms with Crippen LogP contribution in [0.1, 0.15) is 113 Å². The number of benzene rings is 2. The summed E-state index contributed by atoms with van der Waals surface area (Å²) in [5, 5.41) is 0. The Kier molecular flexibility index (Phi) is 22.4. The number of pyridine rings is 2. The minimum atomic E-state index is 0.463. The fourth-order valence-corrected chi connectivity index (χ4v) is 4.49. The molecule has 4 aromatic rings. The zero-order valence-corrected chi connectivity index (χ0v) is 32.5. The van der Waals surface area contributed by atoms with E-state index in [-0.39, 0.29) is 0 Å². The van der Waals surface area contributed by atoms with E-state index < -0.39 is 0 Å². The summed E-state index contributed by atoms with van der Waals surface area (Å²) in [4.78, 5) is 18.0. The van der Waals surface area contributed by atoms with Crippen molar-refractivity contribution in [2.45, 2.75) is 79.1 Å². The van der Waals surface area contributed by atoms with Crippen molar-refractivity contribution < 1.29 is 25.3 Å². The maximum absolute atomic E-state index is 4.73. The third-order valence-electron chi connectivity index (χ3n) is 6.71. The van der Waals surface area contributed by atoms with Gasteiger partial charge in [-0.05, 0) is 70.2 Å². The number of hydrogen-bond donors (Lipinski definition) is 0. The molecule has 10 heteroatoms. The maximum atomic E-state index is 4.73. The van der Waals surface area contributed by atoms with Crippen molar-refractivity contribution in [3.8, 4) is 0 Å². The SMILES string of the molecule is CC(C)c1cccc(C(C)C)c1N=Cc1ccccn1.CC(C)c1cccc(C(C)C)c1N=Cc1ccccn1.[Cl][Ni][Cl].[Cl][Ni][Cl]. The van der Waals surface area contributed by atoms with Crippen LogP contribution in [-0.2, 0) is 25.3 Å². The molecule has 0 fully saturated rings. The molecule has 46 heavy (non-hydrogen) atoms. The summed E-state index contributed by atoms with van der Waals surface area (Å²) in [6.45, 7) is 17.7. The van der Waals surface area contributed by atoms with Crippen molar-refractivity contribution in [2.24, 2.45) is 9.98 Å². The van der Waals surface area contributed by atoms with Gasteiger partial charge in [-0.15, -0.1) is 0 Å². The number of aliphatic imine (C=N–C) groups is 2. The Bertz CT molecular complexity index is 1290. The molecule has 0 aliphatic carbocycles. The van der Waals surface area contributed by atoms with Crippen LogP contribution in [0.3, 0.4) is 0 Å². The first-order valence-electron chi connectivity index (χ1n) is 14.8. The fourth-order valence-electron chi connectivity index (χ4n) is 4.49. The van der Waals surface area contributed by atoms with Gasteiger partial charge in [-0.3, -0.25) is 20.0 Å². The second kappa shape index (κ2) is 24.4. The van der Waals surface area contributed by atoms with E-state index >= 15 is 0 Å². The van der Waals surface area contributed by atoms with E-state index in [9.17, 15) is 0 Å². The van der Waals surface area contributed by atoms with Gasteiger partial charge in [0.15, 0.2) is 0 Å². The molecule has 256 valence electrons. The van der Waals surface area contributed by atoms with Crippen LogP contribution in [0, 0.1) is 0 Å². The molecule has 0 saturated carbocycles. The Morgan fingerprint density at radius 2 is 0.761 bits per heavy atom. The molecule has 0 aliphatic heterocycles. The first-order valence-corrected chi connectivity index (χ1v) is 20.3. The zero-order chi connectivity index (χ0) is 34.5. The predicted octanol–water partition coefficient (Wildman–Crippen LogP) is 12.9. The first-order chi connectivity index (χ1) is 22.0. The summed E-state index contributed by atoms with van der Waals surface area (Å²) in [7, 11) is 18.8. The van der Waals surface area contributed by atoms with Gasteiger partial charge in [0.25, 0.3) is 0 Å². The Balaban J connectivity index is 0.000000393. The molecule has 4 nitrogen and oxygen atoms in total. The molecule has 2 heterocycles. The predicted molar refractivity (Wildman–Crippen MR) is 196 cm³/mol. The third kappa shape index (κ3) is 15.4. The van der Waals surface area contributed by atoms with Gasteiger partial charge in [-0.2, -0.15) is 0 Å². The number of aromatic nitrogens is 2. The topological polar surface area (TPSA) is 50.5 Å². The average molecular weight is 792 g/mol. The molecule has 0 aliphatic rings. The molecule has 0 radical (unpaired) electrons. The standard InChI is InChI=1S/2C18H22N2.4ClH.2Ni/c2*1-13(2)16-9-7-10-17(14(3)4)18(16)20-12-15-8-5-6-11-19-15;;;;;;/h2*5-14H,1-4H3;4*1H;;/q;;;;;;2*+2/p-4. The van der Waals surface area contributed by atoms with Crippen LogP contribution in [0.5, 0.6) is 0 Å². The summed E-state index contributed by atoms with van der Waals surface area (Å²) < 4.78 is 0. The molecule has 2 aromatic heterocycles. The second-order valence-corrected chi connectivity index (χ2v) is 14.6. The number of hydrogen-bond acceptors (Lipinski definition) is 4. The summed E-state index contributed by atoms with van der Waals surface area (Å²) in [5.41, 5.74) is 9.16. The Morgan fingerprint density at radius 3 is 0.978 bits per heavy atom.